The lowest BCUT2D eigenvalue weighted by atomic mass is 9.89. The van der Waals surface area contributed by atoms with Gasteiger partial charge in [-0.1, -0.05) is 19.3 Å². The Labute approximate surface area is 113 Å². The van der Waals surface area contributed by atoms with E-state index in [0.29, 0.717) is 11.7 Å². The zero-order chi connectivity index (χ0) is 13.8. The van der Waals surface area contributed by atoms with E-state index in [1.54, 1.807) is 0 Å². The van der Waals surface area contributed by atoms with Crippen molar-refractivity contribution in [3.63, 3.8) is 0 Å². The monoisotopic (exact) mass is 265 g/mol. The molecule has 106 valence electrons. The topological polar surface area (TPSA) is 66.9 Å². The maximum Gasteiger partial charge on any atom is 0.330 e. The molecule has 1 aromatic rings. The molecule has 0 radical (unpaired) electrons. The second-order valence-corrected chi connectivity index (χ2v) is 5.68. The highest BCUT2D eigenvalue weighted by atomic mass is 16.2. The Morgan fingerprint density at radius 1 is 1.32 bits per heavy atom. The van der Waals surface area contributed by atoms with Gasteiger partial charge in [0.1, 0.15) is 5.82 Å². The van der Waals surface area contributed by atoms with Crippen molar-refractivity contribution >= 4 is 5.82 Å². The first-order valence-electron chi connectivity index (χ1n) is 7.17. The molecule has 2 N–H and O–H groups in total. The molecule has 0 saturated heterocycles. The molecule has 0 amide bonds. The van der Waals surface area contributed by atoms with Crippen LogP contribution in [0, 0.1) is 5.92 Å². The van der Waals surface area contributed by atoms with Crippen LogP contribution in [0.5, 0.6) is 0 Å². The van der Waals surface area contributed by atoms with E-state index < -0.39 is 0 Å². The van der Waals surface area contributed by atoms with E-state index in [1.807, 2.05) is 13.8 Å². The van der Waals surface area contributed by atoms with Gasteiger partial charge in [0.15, 0.2) is 0 Å². The number of nitrogens with one attached hydrogen (secondary N) is 2. The molecule has 0 unspecified atom stereocenters. The van der Waals surface area contributed by atoms with Crippen molar-refractivity contribution in [2.75, 3.05) is 11.9 Å². The Balaban J connectivity index is 2.05. The molecule has 2 rings (SSSR count). The van der Waals surface area contributed by atoms with Crippen LogP contribution in [0.4, 0.5) is 5.82 Å². The minimum atomic E-state index is -0.339. The fraction of sp³-hybridized carbons (Fsp3) is 0.714. The molecular weight excluding hydrogens is 242 g/mol. The van der Waals surface area contributed by atoms with Crippen LogP contribution in [0.25, 0.3) is 0 Å². The molecule has 0 atom stereocenters. The first-order valence-corrected chi connectivity index (χ1v) is 7.17. The Morgan fingerprint density at radius 3 is 2.58 bits per heavy atom. The van der Waals surface area contributed by atoms with Crippen molar-refractivity contribution < 1.29 is 0 Å². The van der Waals surface area contributed by atoms with Gasteiger partial charge >= 0.3 is 5.69 Å². The molecule has 19 heavy (non-hydrogen) atoms. The maximum atomic E-state index is 11.9. The number of hydrogen-bond acceptors (Lipinski definition) is 3. The molecule has 5 heteroatoms. The normalized spacial score (nSPS) is 16.8. The summed E-state index contributed by atoms with van der Waals surface area (Å²) >= 11 is 0. The average Bonchev–Trinajstić information content (AvgIpc) is 2.36. The third-order valence-electron chi connectivity index (χ3n) is 3.79. The molecule has 1 heterocycles. The van der Waals surface area contributed by atoms with Crippen LogP contribution in [-0.2, 0) is 0 Å². The van der Waals surface area contributed by atoms with E-state index in [9.17, 15) is 9.59 Å². The summed E-state index contributed by atoms with van der Waals surface area (Å²) in [6, 6.07) is 1.35. The zero-order valence-electron chi connectivity index (χ0n) is 11.7. The Bertz CT molecular complexity index is 493. The van der Waals surface area contributed by atoms with Gasteiger partial charge in [-0.2, -0.15) is 0 Å². The minimum Gasteiger partial charge on any atom is -0.371 e. The molecule has 0 aliphatic heterocycles. The van der Waals surface area contributed by atoms with Crippen molar-refractivity contribution in [2.24, 2.45) is 5.92 Å². The third kappa shape index (κ3) is 3.49. The average molecular weight is 265 g/mol. The number of nitrogens with zero attached hydrogens (tertiary/aromatic N) is 1. The summed E-state index contributed by atoms with van der Waals surface area (Å²) in [5, 5.41) is 3.19. The molecule has 0 bridgehead atoms. The molecule has 0 spiro atoms. The van der Waals surface area contributed by atoms with E-state index in [-0.39, 0.29) is 17.3 Å². The summed E-state index contributed by atoms with van der Waals surface area (Å²) in [5.74, 6) is 1.20. The van der Waals surface area contributed by atoms with Gasteiger partial charge in [0.05, 0.1) is 0 Å². The maximum absolute atomic E-state index is 11.9. The van der Waals surface area contributed by atoms with Gasteiger partial charge in [0, 0.05) is 18.7 Å². The third-order valence-corrected chi connectivity index (χ3v) is 3.79. The predicted octanol–water partition coefficient (Wildman–Crippen LogP) is 2.11. The number of aromatic amines is 1. The lowest BCUT2D eigenvalue weighted by Crippen LogP contribution is -2.36. The fourth-order valence-corrected chi connectivity index (χ4v) is 2.73. The highest BCUT2D eigenvalue weighted by molar-refractivity contribution is 5.31. The largest absolute Gasteiger partial charge is 0.371 e. The van der Waals surface area contributed by atoms with Crippen molar-refractivity contribution in [2.45, 2.75) is 52.0 Å². The van der Waals surface area contributed by atoms with Crippen molar-refractivity contribution in [3.05, 3.63) is 26.9 Å². The summed E-state index contributed by atoms with van der Waals surface area (Å²) in [6.45, 7) is 4.48. The van der Waals surface area contributed by atoms with Crippen LogP contribution in [0.15, 0.2) is 15.7 Å². The van der Waals surface area contributed by atoms with Gasteiger partial charge in [-0.05, 0) is 32.6 Å². The van der Waals surface area contributed by atoms with E-state index in [0.717, 1.165) is 6.54 Å². The summed E-state index contributed by atoms with van der Waals surface area (Å²) in [6.07, 6.45) is 6.38. The van der Waals surface area contributed by atoms with Crippen LogP contribution in [0.1, 0.15) is 52.0 Å². The van der Waals surface area contributed by atoms with Gasteiger partial charge in [0.2, 0.25) is 0 Å². The Morgan fingerprint density at radius 2 is 2.00 bits per heavy atom. The van der Waals surface area contributed by atoms with Crippen molar-refractivity contribution in [1.29, 1.82) is 0 Å². The second-order valence-electron chi connectivity index (χ2n) is 5.68. The summed E-state index contributed by atoms with van der Waals surface area (Å²) in [7, 11) is 0. The van der Waals surface area contributed by atoms with E-state index in [2.05, 4.69) is 10.3 Å². The molecule has 1 aliphatic carbocycles. The van der Waals surface area contributed by atoms with Gasteiger partial charge in [-0.25, -0.2) is 4.79 Å². The molecule has 1 aromatic heterocycles. The minimum absolute atomic E-state index is 0.122. The van der Waals surface area contributed by atoms with Crippen molar-refractivity contribution in [1.82, 2.24) is 9.55 Å². The number of rotatable bonds is 4. The standard InChI is InChI=1S/C14H23N3O2/c1-10(2)17-13(18)8-12(16-14(17)19)15-9-11-6-4-3-5-7-11/h8,10-11,15H,3-7,9H2,1-2H3,(H,16,19). The highest BCUT2D eigenvalue weighted by Gasteiger charge is 2.13. The Hall–Kier alpha value is -1.52. The predicted molar refractivity (Wildman–Crippen MR) is 76.8 cm³/mol. The molecule has 1 saturated carbocycles. The number of aromatic nitrogens is 2. The first-order chi connectivity index (χ1) is 9.08. The smallest absolute Gasteiger partial charge is 0.330 e. The van der Waals surface area contributed by atoms with Gasteiger partial charge in [-0.15, -0.1) is 0 Å². The SMILES string of the molecule is CC(C)n1c(=O)cc(NCC2CCCCC2)[nH]c1=O. The van der Waals surface area contributed by atoms with Crippen LogP contribution in [-0.4, -0.2) is 16.1 Å². The van der Waals surface area contributed by atoms with E-state index >= 15 is 0 Å². The van der Waals surface area contributed by atoms with Crippen LogP contribution in [0.2, 0.25) is 0 Å². The van der Waals surface area contributed by atoms with Crippen LogP contribution >= 0.6 is 0 Å². The number of anilines is 1. The zero-order valence-corrected chi connectivity index (χ0v) is 11.7. The molecular formula is C14H23N3O2. The quantitative estimate of drug-likeness (QED) is 0.876. The van der Waals surface area contributed by atoms with Crippen LogP contribution in [0.3, 0.4) is 0 Å². The molecule has 1 fully saturated rings. The summed E-state index contributed by atoms with van der Waals surface area (Å²) < 4.78 is 1.23. The van der Waals surface area contributed by atoms with E-state index in [4.69, 9.17) is 0 Å². The van der Waals surface area contributed by atoms with Gasteiger partial charge < -0.3 is 5.32 Å². The molecule has 5 nitrogen and oxygen atoms in total. The number of H-pyrrole nitrogens is 1. The fourth-order valence-electron chi connectivity index (χ4n) is 2.73. The van der Waals surface area contributed by atoms with Crippen LogP contribution < -0.4 is 16.6 Å². The summed E-state index contributed by atoms with van der Waals surface area (Å²) in [5.41, 5.74) is -0.585. The van der Waals surface area contributed by atoms with Crippen molar-refractivity contribution in [3.8, 4) is 0 Å². The first kappa shape index (κ1) is 13.9. The van der Waals surface area contributed by atoms with Gasteiger partial charge in [0.25, 0.3) is 5.56 Å². The highest BCUT2D eigenvalue weighted by Crippen LogP contribution is 2.23. The lowest BCUT2D eigenvalue weighted by molar-refractivity contribution is 0.373. The summed E-state index contributed by atoms with van der Waals surface area (Å²) in [4.78, 5) is 26.4. The lowest BCUT2D eigenvalue weighted by Gasteiger charge is -2.22. The second kappa shape index (κ2) is 6.08. The number of hydrogen-bond donors (Lipinski definition) is 2. The molecule has 1 aliphatic rings. The van der Waals surface area contributed by atoms with E-state index in [1.165, 1.54) is 42.7 Å². The Kier molecular flexibility index (Phi) is 4.45. The van der Waals surface area contributed by atoms with Gasteiger partial charge in [-0.3, -0.25) is 14.3 Å². The molecule has 0 aromatic carbocycles.